The van der Waals surface area contributed by atoms with Crippen LogP contribution in [-0.2, 0) is 9.84 Å². The van der Waals surface area contributed by atoms with Crippen molar-refractivity contribution < 1.29 is 17.9 Å². The first-order chi connectivity index (χ1) is 14.3. The Balaban J connectivity index is 1.58. The monoisotopic (exact) mass is 425 g/mol. The average Bonchev–Trinajstić information content (AvgIpc) is 2.71. The Morgan fingerprint density at radius 3 is 2.20 bits per heavy atom. The zero-order chi connectivity index (χ0) is 21.6. The predicted octanol–water partition coefficient (Wildman–Crippen LogP) is 4.49. The van der Waals surface area contributed by atoms with E-state index in [4.69, 9.17) is 4.74 Å². The Bertz CT molecular complexity index is 1110. The van der Waals surface area contributed by atoms with Gasteiger partial charge in [-0.2, -0.15) is 0 Å². The fourth-order valence-corrected chi connectivity index (χ4v) is 3.31. The number of ether oxygens (including phenoxy) is 1. The molecule has 30 heavy (non-hydrogen) atoms. The van der Waals surface area contributed by atoms with E-state index in [0.29, 0.717) is 11.4 Å². The standard InChI is InChI=1S/C22H23N3O4S/c1-16-8-9-18(14-21(16)23-15-29-19-6-4-3-5-7-19)25-22(26)24-17-10-12-20(13-11-17)30(2,27)28/h3-14,23H,15H2,1-2H3,(H2,24,25,26). The van der Waals surface area contributed by atoms with Gasteiger partial charge in [0.1, 0.15) is 5.75 Å². The molecule has 0 aliphatic rings. The largest absolute Gasteiger partial charge is 0.473 e. The van der Waals surface area contributed by atoms with E-state index in [1.54, 1.807) is 18.2 Å². The third kappa shape index (κ3) is 5.99. The third-order valence-corrected chi connectivity index (χ3v) is 5.41. The molecule has 7 nitrogen and oxygen atoms in total. The van der Waals surface area contributed by atoms with Gasteiger partial charge in [0.05, 0.1) is 4.90 Å². The summed E-state index contributed by atoms with van der Waals surface area (Å²) in [4.78, 5) is 12.5. The summed E-state index contributed by atoms with van der Waals surface area (Å²) in [6, 6.07) is 20.5. The van der Waals surface area contributed by atoms with Crippen LogP contribution in [0.2, 0.25) is 0 Å². The molecular weight excluding hydrogens is 402 g/mol. The van der Waals surface area contributed by atoms with E-state index < -0.39 is 15.9 Å². The van der Waals surface area contributed by atoms with Crippen LogP contribution in [0.4, 0.5) is 21.9 Å². The summed E-state index contributed by atoms with van der Waals surface area (Å²) in [5.41, 5.74) is 2.94. The second-order valence-corrected chi connectivity index (χ2v) is 8.70. The zero-order valence-electron chi connectivity index (χ0n) is 16.7. The quantitative estimate of drug-likeness (QED) is 0.485. The van der Waals surface area contributed by atoms with E-state index in [9.17, 15) is 13.2 Å². The molecule has 3 rings (SSSR count). The number of para-hydroxylation sites is 1. The fraction of sp³-hybridized carbons (Fsp3) is 0.136. The molecule has 8 heteroatoms. The van der Waals surface area contributed by atoms with Crippen LogP contribution in [-0.4, -0.2) is 27.4 Å². The minimum Gasteiger partial charge on any atom is -0.473 e. The highest BCUT2D eigenvalue weighted by Gasteiger charge is 2.08. The molecule has 0 spiro atoms. The summed E-state index contributed by atoms with van der Waals surface area (Å²) in [5.74, 6) is 0.762. The van der Waals surface area contributed by atoms with Crippen molar-refractivity contribution in [3.05, 3.63) is 78.4 Å². The Morgan fingerprint density at radius 1 is 0.900 bits per heavy atom. The van der Waals surface area contributed by atoms with Crippen molar-refractivity contribution in [2.75, 3.05) is 28.9 Å². The number of hydrogen-bond acceptors (Lipinski definition) is 5. The minimum atomic E-state index is -3.28. The summed E-state index contributed by atoms with van der Waals surface area (Å²) >= 11 is 0. The van der Waals surface area contributed by atoms with E-state index >= 15 is 0 Å². The predicted molar refractivity (Wildman–Crippen MR) is 119 cm³/mol. The third-order valence-electron chi connectivity index (χ3n) is 4.28. The van der Waals surface area contributed by atoms with Crippen molar-refractivity contribution in [2.24, 2.45) is 0 Å². The van der Waals surface area contributed by atoms with Crippen LogP contribution in [0.15, 0.2) is 77.7 Å². The van der Waals surface area contributed by atoms with Gasteiger partial charge in [0.15, 0.2) is 16.6 Å². The van der Waals surface area contributed by atoms with Gasteiger partial charge in [-0.3, -0.25) is 0 Å². The molecule has 0 atom stereocenters. The maximum Gasteiger partial charge on any atom is 0.323 e. The number of benzene rings is 3. The molecule has 0 bridgehead atoms. The van der Waals surface area contributed by atoms with Gasteiger partial charge in [-0.15, -0.1) is 0 Å². The minimum absolute atomic E-state index is 0.195. The Hall–Kier alpha value is -3.52. The first kappa shape index (κ1) is 21.2. The lowest BCUT2D eigenvalue weighted by Gasteiger charge is -2.14. The summed E-state index contributed by atoms with van der Waals surface area (Å²) < 4.78 is 28.7. The lowest BCUT2D eigenvalue weighted by Crippen LogP contribution is -2.19. The van der Waals surface area contributed by atoms with Crippen molar-refractivity contribution >= 4 is 32.9 Å². The molecule has 0 saturated heterocycles. The molecular formula is C22H23N3O4S. The summed E-state index contributed by atoms with van der Waals surface area (Å²) in [6.07, 6.45) is 1.13. The molecule has 0 fully saturated rings. The molecule has 0 unspecified atom stereocenters. The number of anilines is 3. The molecule has 156 valence electrons. The van der Waals surface area contributed by atoms with E-state index in [1.165, 1.54) is 12.1 Å². The molecule has 3 N–H and O–H groups in total. The Labute approximate surface area is 176 Å². The summed E-state index contributed by atoms with van der Waals surface area (Å²) in [7, 11) is -3.28. The number of hydrogen-bond donors (Lipinski definition) is 3. The van der Waals surface area contributed by atoms with Gasteiger partial charge in [0.2, 0.25) is 0 Å². The van der Waals surface area contributed by atoms with Crippen molar-refractivity contribution in [1.82, 2.24) is 0 Å². The van der Waals surface area contributed by atoms with E-state index in [0.717, 1.165) is 23.3 Å². The number of sulfone groups is 1. The van der Waals surface area contributed by atoms with Gasteiger partial charge >= 0.3 is 6.03 Å². The molecule has 0 saturated carbocycles. The number of urea groups is 1. The van der Waals surface area contributed by atoms with Crippen LogP contribution in [0, 0.1) is 6.92 Å². The van der Waals surface area contributed by atoms with Crippen molar-refractivity contribution in [1.29, 1.82) is 0 Å². The van der Waals surface area contributed by atoms with Crippen molar-refractivity contribution in [3.8, 4) is 5.75 Å². The van der Waals surface area contributed by atoms with Gasteiger partial charge in [0, 0.05) is 23.3 Å². The normalized spacial score (nSPS) is 10.9. The maximum absolute atomic E-state index is 12.3. The highest BCUT2D eigenvalue weighted by molar-refractivity contribution is 7.90. The van der Waals surface area contributed by atoms with E-state index in [1.807, 2.05) is 49.4 Å². The number of carbonyl (C=O) groups excluding carboxylic acids is 1. The smallest absolute Gasteiger partial charge is 0.323 e. The first-order valence-electron chi connectivity index (χ1n) is 9.22. The Morgan fingerprint density at radius 2 is 1.53 bits per heavy atom. The molecule has 0 aliphatic carbocycles. The Kier molecular flexibility index (Phi) is 6.58. The molecule has 0 aromatic heterocycles. The molecule has 3 aromatic carbocycles. The molecule has 0 heterocycles. The van der Waals surface area contributed by atoms with Gasteiger partial charge in [-0.05, 0) is 61.0 Å². The highest BCUT2D eigenvalue weighted by atomic mass is 32.2. The average molecular weight is 426 g/mol. The lowest BCUT2D eigenvalue weighted by atomic mass is 10.2. The fourth-order valence-electron chi connectivity index (χ4n) is 2.68. The molecule has 3 aromatic rings. The maximum atomic E-state index is 12.3. The number of amides is 2. The number of aryl methyl sites for hydroxylation is 1. The second kappa shape index (κ2) is 9.32. The number of rotatable bonds is 7. The summed E-state index contributed by atoms with van der Waals surface area (Å²) in [6.45, 7) is 2.24. The van der Waals surface area contributed by atoms with E-state index in [2.05, 4.69) is 16.0 Å². The van der Waals surface area contributed by atoms with Crippen molar-refractivity contribution in [3.63, 3.8) is 0 Å². The van der Waals surface area contributed by atoms with Crippen LogP contribution in [0.5, 0.6) is 5.75 Å². The topological polar surface area (TPSA) is 96.5 Å². The summed E-state index contributed by atoms with van der Waals surface area (Å²) in [5, 5.41) is 8.63. The van der Waals surface area contributed by atoms with E-state index in [-0.39, 0.29) is 11.6 Å². The molecule has 0 radical (unpaired) electrons. The molecule has 0 aliphatic heterocycles. The van der Waals surface area contributed by atoms with Crippen LogP contribution in [0.1, 0.15) is 5.56 Å². The molecule has 2 amide bonds. The lowest BCUT2D eigenvalue weighted by molar-refractivity contribution is 0.262. The SMILES string of the molecule is Cc1ccc(NC(=O)Nc2ccc(S(C)(=O)=O)cc2)cc1NCOc1ccccc1. The first-order valence-corrected chi connectivity index (χ1v) is 11.1. The van der Waals surface area contributed by atoms with Crippen LogP contribution < -0.4 is 20.7 Å². The van der Waals surface area contributed by atoms with Gasteiger partial charge in [0.25, 0.3) is 0 Å². The van der Waals surface area contributed by atoms with Crippen LogP contribution >= 0.6 is 0 Å². The van der Waals surface area contributed by atoms with Crippen molar-refractivity contribution in [2.45, 2.75) is 11.8 Å². The zero-order valence-corrected chi connectivity index (χ0v) is 17.5. The highest BCUT2D eigenvalue weighted by Crippen LogP contribution is 2.21. The van der Waals surface area contributed by atoms with Crippen LogP contribution in [0.25, 0.3) is 0 Å². The van der Waals surface area contributed by atoms with Gasteiger partial charge < -0.3 is 20.7 Å². The second-order valence-electron chi connectivity index (χ2n) is 6.68. The van der Waals surface area contributed by atoms with Gasteiger partial charge in [-0.1, -0.05) is 24.3 Å². The van der Waals surface area contributed by atoms with Crippen LogP contribution in [0.3, 0.4) is 0 Å². The number of carbonyl (C=O) groups is 1. The number of nitrogens with one attached hydrogen (secondary N) is 3. The van der Waals surface area contributed by atoms with Gasteiger partial charge in [-0.25, -0.2) is 13.2 Å².